The van der Waals surface area contributed by atoms with E-state index in [1.54, 1.807) is 24.3 Å². The van der Waals surface area contributed by atoms with Crippen molar-refractivity contribution in [3.05, 3.63) is 70.6 Å². The van der Waals surface area contributed by atoms with Gasteiger partial charge in [-0.05, 0) is 68.4 Å². The van der Waals surface area contributed by atoms with Gasteiger partial charge in [0, 0.05) is 23.6 Å². The molecule has 2 amide bonds. The molecule has 1 aromatic heterocycles. The van der Waals surface area contributed by atoms with Crippen LogP contribution in [0.2, 0.25) is 0 Å². The van der Waals surface area contributed by atoms with Gasteiger partial charge in [0.15, 0.2) is 5.11 Å². The number of hydrogen-bond donors (Lipinski definition) is 1. The highest BCUT2D eigenvalue weighted by Gasteiger charge is 2.33. The van der Waals surface area contributed by atoms with Crippen LogP contribution < -0.4 is 5.32 Å². The number of hydrogen-bond acceptors (Lipinski definition) is 5. The number of methoxy groups -OCH3 is 1. The lowest BCUT2D eigenvalue weighted by Crippen LogP contribution is -2.53. The molecule has 0 saturated carbocycles. The lowest BCUT2D eigenvalue weighted by Gasteiger charge is -2.27. The minimum atomic E-state index is -0.538. The number of amides is 2. The Hall–Kier alpha value is -3.52. The number of nitrogens with zero attached hydrogens (tertiary/aromatic N) is 2. The molecule has 3 rings (SSSR count). The van der Waals surface area contributed by atoms with Crippen molar-refractivity contribution < 1.29 is 19.1 Å². The van der Waals surface area contributed by atoms with Crippen LogP contribution in [0.4, 0.5) is 0 Å². The summed E-state index contributed by atoms with van der Waals surface area (Å²) >= 11 is 5.09. The summed E-state index contributed by atoms with van der Waals surface area (Å²) in [6.45, 7) is 9.49. The van der Waals surface area contributed by atoms with Crippen molar-refractivity contribution >= 4 is 41.2 Å². The van der Waals surface area contributed by atoms with E-state index < -0.39 is 17.8 Å². The van der Waals surface area contributed by atoms with Crippen molar-refractivity contribution in [2.24, 2.45) is 0 Å². The van der Waals surface area contributed by atoms with Crippen LogP contribution in [0.5, 0.6) is 0 Å². The predicted octanol–water partition coefficient (Wildman–Crippen LogP) is 3.00. The minimum absolute atomic E-state index is 0.00395. The molecule has 0 unspecified atom stereocenters. The Morgan fingerprint density at radius 1 is 1.26 bits per heavy atom. The van der Waals surface area contributed by atoms with E-state index in [-0.39, 0.29) is 17.2 Å². The second kappa shape index (κ2) is 8.69. The zero-order valence-corrected chi connectivity index (χ0v) is 18.6. The molecule has 7 nitrogen and oxygen atoms in total. The molecule has 0 spiro atoms. The fraction of sp³-hybridized carbons (Fsp3) is 0.217. The molecule has 31 heavy (non-hydrogen) atoms. The van der Waals surface area contributed by atoms with Gasteiger partial charge in [-0.3, -0.25) is 19.8 Å². The summed E-state index contributed by atoms with van der Waals surface area (Å²) in [5.41, 5.74) is 4.47. The SMILES string of the molecule is C=CCN1C(=O)C(=Cc2cc(C)n(-c3cccc(C(=O)OC)c3C)c2C)C(=O)NC1=S. The molecule has 1 aromatic carbocycles. The second-order valence-electron chi connectivity index (χ2n) is 7.12. The molecule has 2 heterocycles. The first-order chi connectivity index (χ1) is 14.7. The number of carbonyl (C=O) groups is 3. The van der Waals surface area contributed by atoms with Crippen LogP contribution in [-0.4, -0.2) is 46.0 Å². The smallest absolute Gasteiger partial charge is 0.338 e. The second-order valence-corrected chi connectivity index (χ2v) is 7.51. The van der Waals surface area contributed by atoms with Crippen LogP contribution in [-0.2, 0) is 14.3 Å². The van der Waals surface area contributed by atoms with E-state index in [9.17, 15) is 14.4 Å². The number of thiocarbonyl (C=S) groups is 1. The maximum atomic E-state index is 12.8. The van der Waals surface area contributed by atoms with Gasteiger partial charge in [-0.2, -0.15) is 0 Å². The average molecular weight is 438 g/mol. The molecule has 8 heteroatoms. The van der Waals surface area contributed by atoms with Gasteiger partial charge in [0.25, 0.3) is 11.8 Å². The molecule has 1 saturated heterocycles. The number of rotatable bonds is 5. The van der Waals surface area contributed by atoms with Crippen molar-refractivity contribution in [1.82, 2.24) is 14.8 Å². The summed E-state index contributed by atoms with van der Waals surface area (Å²) in [6.07, 6.45) is 3.11. The van der Waals surface area contributed by atoms with Crippen molar-refractivity contribution in [2.75, 3.05) is 13.7 Å². The summed E-state index contributed by atoms with van der Waals surface area (Å²) in [4.78, 5) is 38.7. The fourth-order valence-corrected chi connectivity index (χ4v) is 3.90. The highest BCUT2D eigenvalue weighted by molar-refractivity contribution is 7.80. The van der Waals surface area contributed by atoms with E-state index in [0.29, 0.717) is 11.1 Å². The molecular weight excluding hydrogens is 414 g/mol. The van der Waals surface area contributed by atoms with Gasteiger partial charge in [-0.15, -0.1) is 6.58 Å². The van der Waals surface area contributed by atoms with E-state index in [1.165, 1.54) is 12.0 Å². The summed E-state index contributed by atoms with van der Waals surface area (Å²) < 4.78 is 6.85. The van der Waals surface area contributed by atoms with Crippen molar-refractivity contribution in [1.29, 1.82) is 0 Å². The molecule has 0 bridgehead atoms. The van der Waals surface area contributed by atoms with Gasteiger partial charge < -0.3 is 9.30 Å². The van der Waals surface area contributed by atoms with Crippen LogP contribution in [0, 0.1) is 20.8 Å². The molecule has 1 N–H and O–H groups in total. The summed E-state index contributed by atoms with van der Waals surface area (Å²) in [5.74, 6) is -1.42. The van der Waals surface area contributed by atoms with Gasteiger partial charge in [0.1, 0.15) is 5.57 Å². The predicted molar refractivity (Wildman–Crippen MR) is 122 cm³/mol. The lowest BCUT2D eigenvalue weighted by molar-refractivity contribution is -0.128. The van der Waals surface area contributed by atoms with Crippen molar-refractivity contribution in [3.63, 3.8) is 0 Å². The Morgan fingerprint density at radius 2 is 1.97 bits per heavy atom. The Morgan fingerprint density at radius 3 is 2.61 bits per heavy atom. The van der Waals surface area contributed by atoms with Crippen molar-refractivity contribution in [2.45, 2.75) is 20.8 Å². The third-order valence-corrected chi connectivity index (χ3v) is 5.54. The quantitative estimate of drug-likeness (QED) is 0.256. The normalized spacial score (nSPS) is 15.3. The number of ether oxygens (including phenoxy) is 1. The molecule has 2 aromatic rings. The lowest BCUT2D eigenvalue weighted by atomic mass is 10.1. The molecule has 0 aliphatic carbocycles. The number of aromatic nitrogens is 1. The fourth-order valence-electron chi connectivity index (χ4n) is 3.65. The van der Waals surface area contributed by atoms with Crippen LogP contribution >= 0.6 is 12.2 Å². The van der Waals surface area contributed by atoms with E-state index >= 15 is 0 Å². The Bertz CT molecular complexity index is 1160. The van der Waals surface area contributed by atoms with Crippen molar-refractivity contribution in [3.8, 4) is 5.69 Å². The standard InChI is InChI=1S/C23H23N3O4S/c1-6-10-25-21(28)18(20(27)24-23(25)31)12-16-11-13(2)26(15(16)4)19-9-7-8-17(14(19)3)22(29)30-5/h6-9,11-12H,1,10H2,2-5H3,(H,24,27,31). The maximum absolute atomic E-state index is 12.8. The Kier molecular flexibility index (Phi) is 6.21. The first-order valence-electron chi connectivity index (χ1n) is 9.58. The maximum Gasteiger partial charge on any atom is 0.338 e. The highest BCUT2D eigenvalue weighted by atomic mass is 32.1. The monoisotopic (exact) mass is 437 g/mol. The summed E-state index contributed by atoms with van der Waals surface area (Å²) in [5, 5.41) is 2.61. The number of aryl methyl sites for hydroxylation is 1. The van der Waals surface area contributed by atoms with E-state index in [4.69, 9.17) is 17.0 Å². The number of nitrogens with one attached hydrogen (secondary N) is 1. The van der Waals surface area contributed by atoms with Gasteiger partial charge in [0.2, 0.25) is 0 Å². The zero-order valence-electron chi connectivity index (χ0n) is 17.8. The third-order valence-electron chi connectivity index (χ3n) is 5.22. The highest BCUT2D eigenvalue weighted by Crippen LogP contribution is 2.27. The van der Waals surface area contributed by atoms with E-state index in [1.807, 2.05) is 37.5 Å². The minimum Gasteiger partial charge on any atom is -0.465 e. The largest absolute Gasteiger partial charge is 0.465 e. The topological polar surface area (TPSA) is 80.6 Å². The van der Waals surface area contributed by atoms with Crippen LogP contribution in [0.25, 0.3) is 11.8 Å². The number of esters is 1. The third kappa shape index (κ3) is 3.94. The number of carbonyl (C=O) groups excluding carboxylic acids is 3. The molecule has 0 radical (unpaired) electrons. The summed E-state index contributed by atoms with van der Waals surface area (Å²) in [6, 6.07) is 7.29. The van der Waals surface area contributed by atoms with Gasteiger partial charge in [-0.1, -0.05) is 12.1 Å². The Labute approximate surface area is 186 Å². The molecule has 0 atom stereocenters. The van der Waals surface area contributed by atoms with Crippen LogP contribution in [0.3, 0.4) is 0 Å². The Balaban J connectivity index is 2.10. The molecule has 1 aliphatic rings. The first kappa shape index (κ1) is 22.2. The van der Waals surface area contributed by atoms with Crippen LogP contribution in [0.1, 0.15) is 32.9 Å². The zero-order chi connectivity index (χ0) is 22.9. The van der Waals surface area contributed by atoms with Crippen LogP contribution in [0.15, 0.2) is 42.5 Å². The van der Waals surface area contributed by atoms with Gasteiger partial charge in [-0.25, -0.2) is 4.79 Å². The molecule has 1 aliphatic heterocycles. The number of benzene rings is 1. The first-order valence-corrected chi connectivity index (χ1v) is 9.99. The molecule has 1 fully saturated rings. The summed E-state index contributed by atoms with van der Waals surface area (Å²) in [7, 11) is 1.35. The average Bonchev–Trinajstić information content (AvgIpc) is 3.01. The molecule has 160 valence electrons. The molecular formula is C23H23N3O4S. The van der Waals surface area contributed by atoms with Gasteiger partial charge >= 0.3 is 5.97 Å². The van der Waals surface area contributed by atoms with E-state index in [2.05, 4.69) is 11.9 Å². The van der Waals surface area contributed by atoms with E-state index in [0.717, 1.165) is 22.6 Å². The van der Waals surface area contributed by atoms with Gasteiger partial charge in [0.05, 0.1) is 12.7 Å².